The van der Waals surface area contributed by atoms with Gasteiger partial charge in [-0.25, -0.2) is 4.98 Å². The standard InChI is InChI=1S/C24H23N3OS/c1-17(24-26-21-14-8-9-15-22(21)29-24)27(2)16-23(28)25-20-13-7-6-12-19(20)18-10-4-3-5-11-18/h3-15,17H,16H2,1-2H3,(H,25,28)/p+1/t17-/m0/s1. The molecule has 0 fully saturated rings. The van der Waals surface area contributed by atoms with Gasteiger partial charge < -0.3 is 10.2 Å². The molecule has 1 aromatic heterocycles. The third-order valence-corrected chi connectivity index (χ3v) is 6.36. The summed E-state index contributed by atoms with van der Waals surface area (Å²) >= 11 is 1.70. The molecule has 4 nitrogen and oxygen atoms in total. The van der Waals surface area contributed by atoms with Gasteiger partial charge in [0, 0.05) is 11.3 Å². The zero-order valence-corrected chi connectivity index (χ0v) is 17.4. The lowest BCUT2D eigenvalue weighted by Gasteiger charge is -2.20. The van der Waals surface area contributed by atoms with Crippen LogP contribution in [0.2, 0.25) is 0 Å². The van der Waals surface area contributed by atoms with Gasteiger partial charge in [-0.05, 0) is 30.7 Å². The van der Waals surface area contributed by atoms with Crippen molar-refractivity contribution in [3.8, 4) is 11.1 Å². The minimum atomic E-state index is -0.00107. The second kappa shape index (κ2) is 8.55. The molecule has 1 heterocycles. The number of nitrogens with one attached hydrogen (secondary N) is 2. The zero-order valence-electron chi connectivity index (χ0n) is 16.6. The number of amides is 1. The Bertz CT molecular complexity index is 1090. The molecule has 1 unspecified atom stereocenters. The molecule has 3 aromatic carbocycles. The van der Waals surface area contributed by atoms with Crippen molar-refractivity contribution in [1.29, 1.82) is 0 Å². The fraction of sp³-hybridized carbons (Fsp3) is 0.167. The Labute approximate surface area is 174 Å². The first-order valence-corrected chi connectivity index (χ1v) is 10.6. The van der Waals surface area contributed by atoms with Crippen LogP contribution in [0, 0.1) is 0 Å². The van der Waals surface area contributed by atoms with E-state index in [1.54, 1.807) is 11.3 Å². The summed E-state index contributed by atoms with van der Waals surface area (Å²) in [5.74, 6) is -0.00107. The Kier molecular flexibility index (Phi) is 5.69. The van der Waals surface area contributed by atoms with E-state index in [0.717, 1.165) is 32.2 Å². The average Bonchev–Trinajstić information content (AvgIpc) is 3.18. The molecule has 2 N–H and O–H groups in total. The van der Waals surface area contributed by atoms with Gasteiger partial charge in [-0.3, -0.25) is 4.79 Å². The third kappa shape index (κ3) is 4.36. The van der Waals surface area contributed by atoms with Crippen molar-refractivity contribution in [1.82, 2.24) is 4.98 Å². The Morgan fingerprint density at radius 2 is 1.69 bits per heavy atom. The lowest BCUT2D eigenvalue weighted by Crippen LogP contribution is -3.10. The summed E-state index contributed by atoms with van der Waals surface area (Å²) in [7, 11) is 2.04. The van der Waals surface area contributed by atoms with Crippen molar-refractivity contribution in [2.75, 3.05) is 18.9 Å². The maximum atomic E-state index is 12.8. The van der Waals surface area contributed by atoms with E-state index in [1.807, 2.05) is 67.7 Å². The molecule has 2 atom stereocenters. The molecule has 4 aromatic rings. The van der Waals surface area contributed by atoms with Gasteiger partial charge in [-0.2, -0.15) is 0 Å². The highest BCUT2D eigenvalue weighted by Gasteiger charge is 2.22. The molecule has 0 aliphatic heterocycles. The minimum absolute atomic E-state index is 0.00107. The van der Waals surface area contributed by atoms with Crippen LogP contribution in [-0.4, -0.2) is 24.5 Å². The van der Waals surface area contributed by atoms with Crippen molar-refractivity contribution in [2.24, 2.45) is 0 Å². The maximum Gasteiger partial charge on any atom is 0.279 e. The third-order valence-electron chi connectivity index (χ3n) is 5.15. The van der Waals surface area contributed by atoms with Gasteiger partial charge in [0.25, 0.3) is 5.91 Å². The topological polar surface area (TPSA) is 46.4 Å². The molecule has 0 saturated carbocycles. The van der Waals surface area contributed by atoms with Crippen LogP contribution in [0.25, 0.3) is 21.3 Å². The van der Waals surface area contributed by atoms with Gasteiger partial charge in [-0.1, -0.05) is 60.7 Å². The number of para-hydroxylation sites is 2. The molecule has 0 radical (unpaired) electrons. The molecule has 0 spiro atoms. The number of carbonyl (C=O) groups excluding carboxylic acids is 1. The van der Waals surface area contributed by atoms with Gasteiger partial charge in [0.1, 0.15) is 6.04 Å². The SMILES string of the molecule is C[C@@H](c1nc2ccccc2s1)[NH+](C)CC(=O)Nc1ccccc1-c1ccccc1. The van der Waals surface area contributed by atoms with Crippen LogP contribution in [0.1, 0.15) is 18.0 Å². The minimum Gasteiger partial charge on any atom is -0.322 e. The Balaban J connectivity index is 1.46. The Hall–Kier alpha value is -3.02. The van der Waals surface area contributed by atoms with Crippen LogP contribution in [-0.2, 0) is 4.79 Å². The van der Waals surface area contributed by atoms with E-state index < -0.39 is 0 Å². The Morgan fingerprint density at radius 3 is 2.48 bits per heavy atom. The van der Waals surface area contributed by atoms with Crippen molar-refractivity contribution in [2.45, 2.75) is 13.0 Å². The number of quaternary nitrogens is 1. The van der Waals surface area contributed by atoms with E-state index >= 15 is 0 Å². The predicted octanol–water partition coefficient (Wildman–Crippen LogP) is 4.18. The van der Waals surface area contributed by atoms with Crippen molar-refractivity contribution >= 4 is 33.1 Å². The van der Waals surface area contributed by atoms with Gasteiger partial charge in [0.05, 0.1) is 17.3 Å². The summed E-state index contributed by atoms with van der Waals surface area (Å²) in [5, 5.41) is 4.15. The number of likely N-dealkylation sites (N-methyl/N-ethyl adjacent to an activating group) is 1. The molecule has 1 amide bonds. The fourth-order valence-electron chi connectivity index (χ4n) is 3.35. The van der Waals surface area contributed by atoms with Gasteiger partial charge in [-0.15, -0.1) is 11.3 Å². The van der Waals surface area contributed by atoms with Crippen LogP contribution in [0.5, 0.6) is 0 Å². The predicted molar refractivity (Wildman–Crippen MR) is 120 cm³/mol. The number of thiazole rings is 1. The summed E-state index contributed by atoms with van der Waals surface area (Å²) in [6.45, 7) is 2.50. The van der Waals surface area contributed by atoms with E-state index in [1.165, 1.54) is 4.70 Å². The summed E-state index contributed by atoms with van der Waals surface area (Å²) in [5.41, 5.74) is 3.97. The summed E-state index contributed by atoms with van der Waals surface area (Å²) in [4.78, 5) is 18.6. The molecule has 5 heteroatoms. The summed E-state index contributed by atoms with van der Waals surface area (Å²) in [6.07, 6.45) is 0. The smallest absolute Gasteiger partial charge is 0.279 e. The summed E-state index contributed by atoms with van der Waals surface area (Å²) in [6, 6.07) is 26.3. The quantitative estimate of drug-likeness (QED) is 0.508. The second-order valence-electron chi connectivity index (χ2n) is 7.22. The number of benzene rings is 3. The second-order valence-corrected chi connectivity index (χ2v) is 8.29. The molecular weight excluding hydrogens is 378 g/mol. The molecule has 146 valence electrons. The molecule has 29 heavy (non-hydrogen) atoms. The molecule has 0 saturated heterocycles. The monoisotopic (exact) mass is 402 g/mol. The molecule has 0 aliphatic rings. The van der Waals surface area contributed by atoms with Crippen LogP contribution in [0.15, 0.2) is 78.9 Å². The number of anilines is 1. The van der Waals surface area contributed by atoms with Crippen LogP contribution in [0.3, 0.4) is 0 Å². The highest BCUT2D eigenvalue weighted by atomic mass is 32.1. The number of hydrogen-bond donors (Lipinski definition) is 2. The number of aromatic nitrogens is 1. The first-order chi connectivity index (χ1) is 14.1. The van der Waals surface area contributed by atoms with Gasteiger partial charge in [0.15, 0.2) is 11.6 Å². The molecule has 4 rings (SSSR count). The number of hydrogen-bond acceptors (Lipinski definition) is 3. The normalized spacial score (nSPS) is 13.2. The lowest BCUT2D eigenvalue weighted by molar-refractivity contribution is -0.902. The first-order valence-electron chi connectivity index (χ1n) is 9.74. The van der Waals surface area contributed by atoms with Crippen molar-refractivity contribution < 1.29 is 9.69 Å². The van der Waals surface area contributed by atoms with E-state index in [-0.39, 0.29) is 11.9 Å². The van der Waals surface area contributed by atoms with Crippen molar-refractivity contribution in [3.63, 3.8) is 0 Å². The van der Waals surface area contributed by atoms with E-state index in [4.69, 9.17) is 4.98 Å². The number of carbonyl (C=O) groups is 1. The number of fused-ring (bicyclic) bond motifs is 1. The highest BCUT2D eigenvalue weighted by Crippen LogP contribution is 2.27. The fourth-order valence-corrected chi connectivity index (χ4v) is 4.46. The average molecular weight is 403 g/mol. The van der Waals surface area contributed by atoms with E-state index in [2.05, 4.69) is 30.4 Å². The van der Waals surface area contributed by atoms with Gasteiger partial charge in [0.2, 0.25) is 0 Å². The zero-order chi connectivity index (χ0) is 20.2. The first kappa shape index (κ1) is 19.3. The molecular formula is C24H24N3OS+. The lowest BCUT2D eigenvalue weighted by atomic mass is 10.0. The van der Waals surface area contributed by atoms with Crippen LogP contribution >= 0.6 is 11.3 Å². The Morgan fingerprint density at radius 1 is 1.00 bits per heavy atom. The molecule has 0 bridgehead atoms. The van der Waals surface area contributed by atoms with E-state index in [9.17, 15) is 4.79 Å². The summed E-state index contributed by atoms with van der Waals surface area (Å²) < 4.78 is 1.18. The van der Waals surface area contributed by atoms with Crippen LogP contribution in [0.4, 0.5) is 5.69 Å². The highest BCUT2D eigenvalue weighted by molar-refractivity contribution is 7.18. The molecule has 0 aliphatic carbocycles. The van der Waals surface area contributed by atoms with E-state index in [0.29, 0.717) is 6.54 Å². The number of rotatable bonds is 6. The van der Waals surface area contributed by atoms with Gasteiger partial charge >= 0.3 is 0 Å². The largest absolute Gasteiger partial charge is 0.322 e. The van der Waals surface area contributed by atoms with Crippen LogP contribution < -0.4 is 10.2 Å². The van der Waals surface area contributed by atoms with Crippen molar-refractivity contribution in [3.05, 3.63) is 83.9 Å². The maximum absolute atomic E-state index is 12.8. The number of nitrogens with zero attached hydrogens (tertiary/aromatic N) is 1.